The highest BCUT2D eigenvalue weighted by Crippen LogP contribution is 2.32. The predicted octanol–water partition coefficient (Wildman–Crippen LogP) is 4.41. The molecule has 0 radical (unpaired) electrons. The maximum Gasteiger partial charge on any atom is 0.293 e. The van der Waals surface area contributed by atoms with E-state index in [1.54, 1.807) is 6.08 Å². The molecule has 2 aromatic rings. The zero-order valence-corrected chi connectivity index (χ0v) is 15.6. The lowest BCUT2D eigenvalue weighted by Gasteiger charge is -2.13. The topological polar surface area (TPSA) is 46.6 Å². The van der Waals surface area contributed by atoms with E-state index in [1.807, 2.05) is 54.6 Å². The Bertz CT molecular complexity index is 792. The van der Waals surface area contributed by atoms with Crippen LogP contribution >= 0.6 is 34.4 Å². The highest BCUT2D eigenvalue weighted by Gasteiger charge is 2.34. The van der Waals surface area contributed by atoms with Crippen LogP contribution in [-0.4, -0.2) is 29.2 Å². The molecule has 1 fully saturated rings. The summed E-state index contributed by atoms with van der Waals surface area (Å²) in [6.07, 6.45) is 1.77. The van der Waals surface area contributed by atoms with Crippen molar-refractivity contribution in [1.29, 1.82) is 0 Å². The molecule has 1 aliphatic rings. The Morgan fingerprint density at radius 3 is 2.50 bits per heavy atom. The molecule has 0 N–H and O–H groups in total. The van der Waals surface area contributed by atoms with E-state index in [0.717, 1.165) is 26.6 Å². The van der Waals surface area contributed by atoms with Crippen molar-refractivity contribution in [2.75, 3.05) is 13.2 Å². The number of para-hydroxylation sites is 1. The summed E-state index contributed by atoms with van der Waals surface area (Å²) in [5.41, 5.74) is 0.934. The van der Waals surface area contributed by atoms with Gasteiger partial charge in [-0.05, 0) is 64.2 Å². The first-order valence-electron chi connectivity index (χ1n) is 7.33. The van der Waals surface area contributed by atoms with Gasteiger partial charge in [-0.1, -0.05) is 36.4 Å². The molecule has 122 valence electrons. The fourth-order valence-corrected chi connectivity index (χ4v) is 3.60. The summed E-state index contributed by atoms with van der Waals surface area (Å²) < 4.78 is 6.60. The molecule has 1 aliphatic heterocycles. The van der Waals surface area contributed by atoms with E-state index in [0.29, 0.717) is 4.91 Å². The summed E-state index contributed by atoms with van der Waals surface area (Å²) in [4.78, 5) is 26.2. The number of ether oxygens (including phenoxy) is 1. The van der Waals surface area contributed by atoms with Crippen LogP contribution in [0.25, 0.3) is 6.08 Å². The maximum absolute atomic E-state index is 12.4. The third-order valence-corrected chi connectivity index (χ3v) is 5.28. The summed E-state index contributed by atoms with van der Waals surface area (Å²) in [7, 11) is 0. The van der Waals surface area contributed by atoms with Gasteiger partial charge in [-0.15, -0.1) is 0 Å². The summed E-state index contributed by atoms with van der Waals surface area (Å²) in [5.74, 6) is 0.458. The molecule has 0 spiro atoms. The molecule has 1 heterocycles. The third kappa shape index (κ3) is 3.99. The van der Waals surface area contributed by atoms with Gasteiger partial charge in [0.1, 0.15) is 12.4 Å². The van der Waals surface area contributed by atoms with Crippen LogP contribution < -0.4 is 4.74 Å². The van der Waals surface area contributed by atoms with Crippen molar-refractivity contribution in [1.82, 2.24) is 4.90 Å². The smallest absolute Gasteiger partial charge is 0.293 e. The van der Waals surface area contributed by atoms with E-state index < -0.39 is 0 Å². The van der Waals surface area contributed by atoms with Gasteiger partial charge in [0.15, 0.2) is 0 Å². The number of amides is 2. The maximum atomic E-state index is 12.4. The Hall–Kier alpha value is -1.80. The number of nitrogens with zero attached hydrogens (tertiary/aromatic N) is 1. The fourth-order valence-electron chi connectivity index (χ4n) is 2.20. The second kappa shape index (κ2) is 7.85. The number of hydrogen-bond acceptors (Lipinski definition) is 4. The minimum atomic E-state index is -0.263. The highest BCUT2D eigenvalue weighted by atomic mass is 127. The zero-order chi connectivity index (χ0) is 16.9. The van der Waals surface area contributed by atoms with Gasteiger partial charge < -0.3 is 4.74 Å². The van der Waals surface area contributed by atoms with Gasteiger partial charge in [0.25, 0.3) is 11.1 Å². The van der Waals surface area contributed by atoms with Gasteiger partial charge in [0.05, 0.1) is 11.4 Å². The molecule has 24 heavy (non-hydrogen) atoms. The SMILES string of the molecule is O=C1S/C(=C\c2ccccc2I)C(=O)N1CCOc1ccccc1. The van der Waals surface area contributed by atoms with Crippen molar-refractivity contribution in [3.05, 3.63) is 68.6 Å². The van der Waals surface area contributed by atoms with E-state index in [9.17, 15) is 9.59 Å². The van der Waals surface area contributed by atoms with Gasteiger partial charge in [-0.25, -0.2) is 0 Å². The molecule has 0 saturated carbocycles. The molecular weight excluding hydrogens is 437 g/mol. The second-order valence-corrected chi connectivity index (χ2v) is 7.17. The molecule has 0 unspecified atom stereocenters. The lowest BCUT2D eigenvalue weighted by molar-refractivity contribution is -0.123. The van der Waals surface area contributed by atoms with Gasteiger partial charge in [0, 0.05) is 3.57 Å². The average Bonchev–Trinajstić information content (AvgIpc) is 2.85. The molecular formula is C18H14INO3S. The van der Waals surface area contributed by atoms with Crippen LogP contribution in [0.5, 0.6) is 5.75 Å². The largest absolute Gasteiger partial charge is 0.492 e. The van der Waals surface area contributed by atoms with Crippen LogP contribution in [0.1, 0.15) is 5.56 Å². The van der Waals surface area contributed by atoms with E-state index in [4.69, 9.17) is 4.74 Å². The van der Waals surface area contributed by atoms with Crippen molar-refractivity contribution in [2.24, 2.45) is 0 Å². The molecule has 1 saturated heterocycles. The third-order valence-electron chi connectivity index (χ3n) is 3.39. The highest BCUT2D eigenvalue weighted by molar-refractivity contribution is 14.1. The van der Waals surface area contributed by atoms with Crippen LogP contribution in [0.15, 0.2) is 59.5 Å². The molecule has 3 rings (SSSR count). The van der Waals surface area contributed by atoms with Gasteiger partial charge in [-0.2, -0.15) is 0 Å². The Morgan fingerprint density at radius 2 is 1.75 bits per heavy atom. The average molecular weight is 451 g/mol. The summed E-state index contributed by atoms with van der Waals surface area (Å²) in [6.45, 7) is 0.515. The molecule has 0 atom stereocenters. The molecule has 0 aromatic heterocycles. The first-order valence-corrected chi connectivity index (χ1v) is 9.22. The Labute approximate surface area is 158 Å². The summed E-state index contributed by atoms with van der Waals surface area (Å²) in [5, 5.41) is -0.256. The van der Waals surface area contributed by atoms with Crippen molar-refractivity contribution in [3.8, 4) is 5.75 Å². The van der Waals surface area contributed by atoms with Gasteiger partial charge in [-0.3, -0.25) is 14.5 Å². The minimum absolute atomic E-state index is 0.239. The summed E-state index contributed by atoms with van der Waals surface area (Å²) in [6, 6.07) is 17.1. The van der Waals surface area contributed by atoms with Crippen LogP contribution in [-0.2, 0) is 4.79 Å². The number of benzene rings is 2. The number of imide groups is 1. The van der Waals surface area contributed by atoms with E-state index in [-0.39, 0.29) is 24.3 Å². The van der Waals surface area contributed by atoms with E-state index in [2.05, 4.69) is 22.6 Å². The van der Waals surface area contributed by atoms with Crippen molar-refractivity contribution >= 4 is 51.6 Å². The normalized spacial score (nSPS) is 16.0. The summed E-state index contributed by atoms with van der Waals surface area (Å²) >= 11 is 3.18. The molecule has 0 aliphatic carbocycles. The fraction of sp³-hybridized carbons (Fsp3) is 0.111. The molecule has 6 heteroatoms. The van der Waals surface area contributed by atoms with E-state index >= 15 is 0 Å². The van der Waals surface area contributed by atoms with Crippen LogP contribution in [0, 0.1) is 3.57 Å². The van der Waals surface area contributed by atoms with Crippen LogP contribution in [0.4, 0.5) is 4.79 Å². The number of carbonyl (C=O) groups is 2. The van der Waals surface area contributed by atoms with Gasteiger partial charge >= 0.3 is 0 Å². The number of thioether (sulfide) groups is 1. The van der Waals surface area contributed by atoms with Crippen molar-refractivity contribution < 1.29 is 14.3 Å². The van der Waals surface area contributed by atoms with Crippen LogP contribution in [0.3, 0.4) is 0 Å². The Balaban J connectivity index is 1.65. The van der Waals surface area contributed by atoms with Crippen molar-refractivity contribution in [3.63, 3.8) is 0 Å². The number of carbonyl (C=O) groups excluding carboxylic acids is 2. The lowest BCUT2D eigenvalue weighted by atomic mass is 10.2. The standard InChI is InChI=1S/C18H14INO3S/c19-15-9-5-4-6-13(15)12-16-17(21)20(18(22)24-16)10-11-23-14-7-2-1-3-8-14/h1-9,12H,10-11H2/b16-12-. The Morgan fingerprint density at radius 1 is 1.04 bits per heavy atom. The quantitative estimate of drug-likeness (QED) is 0.500. The first-order chi connectivity index (χ1) is 11.6. The second-order valence-electron chi connectivity index (χ2n) is 5.02. The molecule has 2 aromatic carbocycles. The molecule has 2 amide bonds. The first kappa shape index (κ1) is 17.0. The monoisotopic (exact) mass is 451 g/mol. The number of hydrogen-bond donors (Lipinski definition) is 0. The Kier molecular flexibility index (Phi) is 5.57. The molecule has 4 nitrogen and oxygen atoms in total. The van der Waals surface area contributed by atoms with Crippen molar-refractivity contribution in [2.45, 2.75) is 0 Å². The number of halogens is 1. The minimum Gasteiger partial charge on any atom is -0.492 e. The molecule has 0 bridgehead atoms. The van der Waals surface area contributed by atoms with E-state index in [1.165, 1.54) is 4.90 Å². The predicted molar refractivity (Wildman–Crippen MR) is 104 cm³/mol. The van der Waals surface area contributed by atoms with Crippen LogP contribution in [0.2, 0.25) is 0 Å². The van der Waals surface area contributed by atoms with Gasteiger partial charge in [0.2, 0.25) is 0 Å². The number of rotatable bonds is 5. The zero-order valence-electron chi connectivity index (χ0n) is 12.6. The lowest BCUT2D eigenvalue weighted by Crippen LogP contribution is -2.32.